The van der Waals surface area contributed by atoms with Gasteiger partial charge < -0.3 is 14.2 Å². The Hall–Kier alpha value is -4.05. The maximum Gasteiger partial charge on any atom is 0.301 e. The first-order valence-electron chi connectivity index (χ1n) is 11.6. The van der Waals surface area contributed by atoms with Crippen LogP contribution in [0.3, 0.4) is 0 Å². The highest BCUT2D eigenvalue weighted by Gasteiger charge is 2.48. The SMILES string of the molecule is CCCOc1ccc(C2/C(=C(\O)c3nc4c(C)cccn4c3C)C(=O)C(=O)N2c2nnc(C)s2)cc1. The molecule has 4 aromatic rings. The summed E-state index contributed by atoms with van der Waals surface area (Å²) in [5, 5.41) is 20.6. The highest BCUT2D eigenvalue weighted by molar-refractivity contribution is 7.15. The Morgan fingerprint density at radius 1 is 1.11 bits per heavy atom. The Bertz CT molecular complexity index is 1520. The van der Waals surface area contributed by atoms with Crippen LogP contribution in [0, 0.1) is 20.8 Å². The number of fused-ring (bicyclic) bond motifs is 1. The van der Waals surface area contributed by atoms with Gasteiger partial charge in [-0.1, -0.05) is 36.5 Å². The third-order valence-electron chi connectivity index (χ3n) is 6.14. The smallest absolute Gasteiger partial charge is 0.301 e. The molecule has 0 aliphatic carbocycles. The van der Waals surface area contributed by atoms with Gasteiger partial charge in [0, 0.05) is 6.20 Å². The topological polar surface area (TPSA) is 110 Å². The molecule has 1 aromatic carbocycles. The second kappa shape index (κ2) is 9.19. The Labute approximate surface area is 211 Å². The van der Waals surface area contributed by atoms with Gasteiger partial charge in [-0.3, -0.25) is 14.5 Å². The average molecular weight is 504 g/mol. The number of aliphatic hydroxyl groups is 1. The summed E-state index contributed by atoms with van der Waals surface area (Å²) in [6.07, 6.45) is 2.71. The number of imidazole rings is 1. The standard InChI is InChI=1S/C26H25N5O4S/c1-5-13-35-18-10-8-17(9-11-18)21-19(23(33)25(34)31(21)26-29-28-16(4)36-26)22(32)20-15(3)30-12-6-7-14(2)24(30)27-20/h6-12,21,32H,5,13H2,1-4H3/b22-19+. The summed E-state index contributed by atoms with van der Waals surface area (Å²) in [6, 6.07) is 10.1. The zero-order chi connectivity index (χ0) is 25.6. The molecule has 36 heavy (non-hydrogen) atoms. The van der Waals surface area contributed by atoms with Crippen LogP contribution in [0.15, 0.2) is 48.2 Å². The number of nitrogens with zero attached hydrogens (tertiary/aromatic N) is 5. The summed E-state index contributed by atoms with van der Waals surface area (Å²) >= 11 is 1.20. The van der Waals surface area contributed by atoms with Crippen LogP contribution in [-0.4, -0.2) is 43.0 Å². The van der Waals surface area contributed by atoms with Gasteiger partial charge in [-0.25, -0.2) is 4.98 Å². The Balaban J connectivity index is 1.70. The van der Waals surface area contributed by atoms with E-state index in [1.54, 1.807) is 31.2 Å². The predicted octanol–water partition coefficient (Wildman–Crippen LogP) is 4.53. The molecular formula is C26H25N5O4S. The fraction of sp³-hybridized carbons (Fsp3) is 0.269. The van der Waals surface area contributed by atoms with Gasteiger partial charge in [0.05, 0.1) is 23.9 Å². The molecule has 10 heteroatoms. The Morgan fingerprint density at radius 3 is 2.50 bits per heavy atom. The Morgan fingerprint density at radius 2 is 1.86 bits per heavy atom. The Kier molecular flexibility index (Phi) is 6.05. The van der Waals surface area contributed by atoms with Crippen LogP contribution in [-0.2, 0) is 9.59 Å². The number of aromatic nitrogens is 4. The van der Waals surface area contributed by atoms with Crippen LogP contribution in [0.4, 0.5) is 5.13 Å². The van der Waals surface area contributed by atoms with Crippen LogP contribution in [0.1, 0.15) is 46.9 Å². The molecule has 5 rings (SSSR count). The van der Waals surface area contributed by atoms with Gasteiger partial charge in [0.15, 0.2) is 5.76 Å². The summed E-state index contributed by atoms with van der Waals surface area (Å²) in [5.41, 5.74) is 3.09. The van der Waals surface area contributed by atoms with E-state index in [-0.39, 0.29) is 22.2 Å². The fourth-order valence-electron chi connectivity index (χ4n) is 4.37. The first-order chi connectivity index (χ1) is 17.3. The van der Waals surface area contributed by atoms with Crippen LogP contribution >= 0.6 is 11.3 Å². The van der Waals surface area contributed by atoms with E-state index in [2.05, 4.69) is 15.2 Å². The van der Waals surface area contributed by atoms with Crippen molar-refractivity contribution in [1.82, 2.24) is 19.6 Å². The number of anilines is 1. The maximum atomic E-state index is 13.4. The van der Waals surface area contributed by atoms with Crippen molar-refractivity contribution in [2.45, 2.75) is 40.2 Å². The number of hydrogen-bond acceptors (Lipinski definition) is 8. The van der Waals surface area contributed by atoms with Crippen LogP contribution in [0.5, 0.6) is 5.75 Å². The predicted molar refractivity (Wildman–Crippen MR) is 136 cm³/mol. The van der Waals surface area contributed by atoms with E-state index in [1.807, 2.05) is 43.5 Å². The lowest BCUT2D eigenvalue weighted by Crippen LogP contribution is -2.29. The van der Waals surface area contributed by atoms with Gasteiger partial charge >= 0.3 is 5.91 Å². The van der Waals surface area contributed by atoms with E-state index in [9.17, 15) is 14.7 Å². The molecule has 1 amide bonds. The average Bonchev–Trinajstić information content (AvgIpc) is 3.53. The van der Waals surface area contributed by atoms with E-state index in [0.29, 0.717) is 34.3 Å². The largest absolute Gasteiger partial charge is 0.505 e. The number of benzene rings is 1. The number of hydrogen-bond donors (Lipinski definition) is 1. The number of ether oxygens (including phenoxy) is 1. The fourth-order valence-corrected chi connectivity index (χ4v) is 5.08. The highest BCUT2D eigenvalue weighted by Crippen LogP contribution is 2.43. The third kappa shape index (κ3) is 3.83. The molecule has 1 unspecified atom stereocenters. The first kappa shape index (κ1) is 23.7. The van der Waals surface area contributed by atoms with Gasteiger partial charge in [-0.2, -0.15) is 0 Å². The van der Waals surface area contributed by atoms with Crippen molar-refractivity contribution in [3.8, 4) is 5.75 Å². The van der Waals surface area contributed by atoms with Crippen molar-refractivity contribution in [3.05, 3.63) is 75.7 Å². The molecule has 0 saturated carbocycles. The number of rotatable bonds is 6. The van der Waals surface area contributed by atoms with Crippen molar-refractivity contribution < 1.29 is 19.4 Å². The number of carbonyl (C=O) groups excluding carboxylic acids is 2. The van der Waals surface area contributed by atoms with Crippen LogP contribution in [0.2, 0.25) is 0 Å². The maximum absolute atomic E-state index is 13.4. The van der Waals surface area contributed by atoms with Crippen LogP contribution in [0.25, 0.3) is 11.4 Å². The van der Waals surface area contributed by atoms with Crippen molar-refractivity contribution in [2.24, 2.45) is 0 Å². The number of aliphatic hydroxyl groups excluding tert-OH is 1. The van der Waals surface area contributed by atoms with Crippen molar-refractivity contribution in [2.75, 3.05) is 11.5 Å². The number of aryl methyl sites for hydroxylation is 3. The second-order valence-electron chi connectivity index (χ2n) is 8.62. The number of amides is 1. The summed E-state index contributed by atoms with van der Waals surface area (Å²) in [4.78, 5) is 32.6. The molecule has 184 valence electrons. The lowest BCUT2D eigenvalue weighted by atomic mass is 9.96. The van der Waals surface area contributed by atoms with E-state index in [4.69, 9.17) is 4.74 Å². The zero-order valence-corrected chi connectivity index (χ0v) is 21.2. The molecule has 1 saturated heterocycles. The minimum atomic E-state index is -0.900. The number of ketones is 1. The number of carbonyl (C=O) groups is 2. The molecule has 1 atom stereocenters. The van der Waals surface area contributed by atoms with E-state index in [0.717, 1.165) is 12.0 Å². The van der Waals surface area contributed by atoms with Crippen molar-refractivity contribution >= 4 is 39.6 Å². The minimum absolute atomic E-state index is 0.0424. The normalized spacial score (nSPS) is 17.3. The molecule has 0 spiro atoms. The van der Waals surface area contributed by atoms with Crippen molar-refractivity contribution in [1.29, 1.82) is 0 Å². The molecule has 4 heterocycles. The lowest BCUT2D eigenvalue weighted by molar-refractivity contribution is -0.132. The summed E-state index contributed by atoms with van der Waals surface area (Å²) in [7, 11) is 0. The molecule has 0 radical (unpaired) electrons. The molecule has 1 N–H and O–H groups in total. The van der Waals surface area contributed by atoms with Gasteiger partial charge in [0.2, 0.25) is 5.13 Å². The molecule has 1 aliphatic heterocycles. The van der Waals surface area contributed by atoms with Gasteiger partial charge in [-0.15, -0.1) is 10.2 Å². The molecule has 1 aliphatic rings. The molecule has 0 bridgehead atoms. The molecule has 1 fully saturated rings. The van der Waals surface area contributed by atoms with Gasteiger partial charge in [-0.05, 0) is 56.5 Å². The summed E-state index contributed by atoms with van der Waals surface area (Å²) in [5.74, 6) is -1.23. The molecular weight excluding hydrogens is 478 g/mol. The van der Waals surface area contributed by atoms with E-state index < -0.39 is 17.7 Å². The monoisotopic (exact) mass is 503 g/mol. The molecule has 9 nitrogen and oxygen atoms in total. The first-order valence-corrected chi connectivity index (χ1v) is 12.4. The second-order valence-corrected chi connectivity index (χ2v) is 9.78. The summed E-state index contributed by atoms with van der Waals surface area (Å²) in [6.45, 7) is 8.11. The van der Waals surface area contributed by atoms with Gasteiger partial charge in [0.1, 0.15) is 22.1 Å². The molecule has 3 aromatic heterocycles. The van der Waals surface area contributed by atoms with Gasteiger partial charge in [0.25, 0.3) is 5.78 Å². The zero-order valence-electron chi connectivity index (χ0n) is 20.3. The van der Waals surface area contributed by atoms with Crippen LogP contribution < -0.4 is 9.64 Å². The van der Waals surface area contributed by atoms with Crippen molar-refractivity contribution in [3.63, 3.8) is 0 Å². The number of pyridine rings is 1. The van der Waals surface area contributed by atoms with E-state index in [1.165, 1.54) is 16.2 Å². The summed E-state index contributed by atoms with van der Waals surface area (Å²) < 4.78 is 7.54. The third-order valence-corrected chi connectivity index (χ3v) is 6.98. The van der Waals surface area contributed by atoms with E-state index >= 15 is 0 Å². The quantitative estimate of drug-likeness (QED) is 0.234. The number of Topliss-reactive ketones (excluding diaryl/α,β-unsaturated/α-hetero) is 1. The minimum Gasteiger partial charge on any atom is -0.505 e. The lowest BCUT2D eigenvalue weighted by Gasteiger charge is -2.22. The highest BCUT2D eigenvalue weighted by atomic mass is 32.1.